The molecule has 7 nitrogen and oxygen atoms in total. The van der Waals surface area contributed by atoms with Crippen molar-refractivity contribution in [2.24, 2.45) is 0 Å². The number of likely N-dealkylation sites (N-methyl/N-ethyl adjacent to an activating group) is 1. The highest BCUT2D eigenvalue weighted by molar-refractivity contribution is 5.90. The average Bonchev–Trinajstić information content (AvgIpc) is 2.53. The first-order chi connectivity index (χ1) is 8.95. The van der Waals surface area contributed by atoms with Gasteiger partial charge in [0.05, 0.1) is 6.54 Å². The van der Waals surface area contributed by atoms with E-state index in [0.29, 0.717) is 13.0 Å². The zero-order valence-corrected chi connectivity index (χ0v) is 11.7. The summed E-state index contributed by atoms with van der Waals surface area (Å²) in [6, 6.07) is -0.920. The lowest BCUT2D eigenvalue weighted by atomic mass is 10.1. The lowest BCUT2D eigenvalue weighted by Crippen LogP contribution is -2.51. The van der Waals surface area contributed by atoms with E-state index in [1.807, 2.05) is 0 Å². The van der Waals surface area contributed by atoms with Gasteiger partial charge in [-0.2, -0.15) is 0 Å². The molecule has 0 unspecified atom stereocenters. The van der Waals surface area contributed by atoms with Crippen LogP contribution in [0.3, 0.4) is 0 Å². The predicted octanol–water partition coefficient (Wildman–Crippen LogP) is -0.615. The summed E-state index contributed by atoms with van der Waals surface area (Å²) in [6.07, 6.45) is 2.31. The Bertz CT molecular complexity index is 357. The Morgan fingerprint density at radius 1 is 1.37 bits per heavy atom. The van der Waals surface area contributed by atoms with Gasteiger partial charge in [-0.1, -0.05) is 0 Å². The van der Waals surface area contributed by atoms with Gasteiger partial charge < -0.3 is 20.4 Å². The number of nitrogens with one attached hydrogen (secondary N) is 2. The van der Waals surface area contributed by atoms with Crippen molar-refractivity contribution in [3.8, 4) is 0 Å². The normalized spacial score (nSPS) is 19.6. The minimum atomic E-state index is -0.544. The second-order valence-corrected chi connectivity index (χ2v) is 4.82. The van der Waals surface area contributed by atoms with Gasteiger partial charge in [-0.25, -0.2) is 4.79 Å². The van der Waals surface area contributed by atoms with Crippen molar-refractivity contribution in [1.29, 1.82) is 0 Å². The number of hydrogen-bond donors (Lipinski definition) is 2. The maximum absolute atomic E-state index is 12.3. The molecule has 2 N–H and O–H groups in total. The topological polar surface area (TPSA) is 81.8 Å². The van der Waals surface area contributed by atoms with E-state index in [-0.39, 0.29) is 24.4 Å². The molecule has 1 atom stereocenters. The molecule has 1 rings (SSSR count). The first-order valence-electron chi connectivity index (χ1n) is 6.43. The molecule has 1 aliphatic rings. The highest BCUT2D eigenvalue weighted by atomic mass is 16.2. The van der Waals surface area contributed by atoms with Gasteiger partial charge in [-0.3, -0.25) is 9.59 Å². The van der Waals surface area contributed by atoms with Crippen LogP contribution in [0.25, 0.3) is 0 Å². The highest BCUT2D eigenvalue weighted by Gasteiger charge is 2.29. The fourth-order valence-electron chi connectivity index (χ4n) is 1.93. The molecule has 0 aliphatic carbocycles. The summed E-state index contributed by atoms with van der Waals surface area (Å²) in [7, 11) is 4.82. The third-order valence-corrected chi connectivity index (χ3v) is 3.14. The zero-order chi connectivity index (χ0) is 14.4. The monoisotopic (exact) mass is 270 g/mol. The van der Waals surface area contributed by atoms with E-state index in [4.69, 9.17) is 0 Å². The second-order valence-electron chi connectivity index (χ2n) is 4.82. The van der Waals surface area contributed by atoms with E-state index in [9.17, 15) is 14.4 Å². The summed E-state index contributed by atoms with van der Waals surface area (Å²) in [4.78, 5) is 38.2. The molecular formula is C12H22N4O3. The maximum atomic E-state index is 12.3. The molecule has 1 saturated heterocycles. The molecule has 0 aromatic rings. The summed E-state index contributed by atoms with van der Waals surface area (Å²) < 4.78 is 0. The van der Waals surface area contributed by atoms with Gasteiger partial charge >= 0.3 is 6.03 Å². The molecule has 7 heteroatoms. The molecule has 0 radical (unpaired) electrons. The number of amides is 4. The molecular weight excluding hydrogens is 248 g/mol. The Morgan fingerprint density at radius 3 is 2.63 bits per heavy atom. The number of hydrogen-bond acceptors (Lipinski definition) is 3. The van der Waals surface area contributed by atoms with E-state index in [0.717, 1.165) is 12.8 Å². The van der Waals surface area contributed by atoms with Crippen LogP contribution in [0.2, 0.25) is 0 Å². The summed E-state index contributed by atoms with van der Waals surface area (Å²) >= 11 is 0. The van der Waals surface area contributed by atoms with E-state index >= 15 is 0 Å². The van der Waals surface area contributed by atoms with Gasteiger partial charge in [0.2, 0.25) is 11.8 Å². The Kier molecular flexibility index (Phi) is 5.59. The van der Waals surface area contributed by atoms with Crippen LogP contribution in [0.15, 0.2) is 0 Å². The Balaban J connectivity index is 2.68. The summed E-state index contributed by atoms with van der Waals surface area (Å²) in [6.45, 7) is 0.627. The first kappa shape index (κ1) is 15.3. The fourth-order valence-corrected chi connectivity index (χ4v) is 1.93. The minimum Gasteiger partial charge on any atom is -0.347 e. The van der Waals surface area contributed by atoms with Crippen LogP contribution < -0.4 is 10.6 Å². The van der Waals surface area contributed by atoms with Crippen LogP contribution in [0.5, 0.6) is 0 Å². The number of nitrogens with zero attached hydrogens (tertiary/aromatic N) is 2. The molecule has 0 spiro atoms. The molecule has 1 heterocycles. The van der Waals surface area contributed by atoms with Crippen molar-refractivity contribution >= 4 is 17.8 Å². The molecule has 108 valence electrons. The second kappa shape index (κ2) is 6.96. The molecule has 0 aromatic carbocycles. The largest absolute Gasteiger partial charge is 0.347 e. The lowest BCUT2D eigenvalue weighted by molar-refractivity contribution is -0.139. The summed E-state index contributed by atoms with van der Waals surface area (Å²) in [5, 5.41) is 5.06. The summed E-state index contributed by atoms with van der Waals surface area (Å²) in [5.41, 5.74) is 0. The van der Waals surface area contributed by atoms with E-state index in [2.05, 4.69) is 10.6 Å². The maximum Gasteiger partial charge on any atom is 0.315 e. The van der Waals surface area contributed by atoms with Gasteiger partial charge in [0.15, 0.2) is 0 Å². The van der Waals surface area contributed by atoms with Crippen LogP contribution in [-0.4, -0.2) is 67.9 Å². The van der Waals surface area contributed by atoms with Crippen LogP contribution in [0.4, 0.5) is 4.79 Å². The standard InChI is InChI=1S/C12H22N4O3/c1-13-12(19)14-9-6-4-5-7-16(11(9)18)8-10(17)15(2)3/h9H,4-8H2,1-3H3,(H2,13,14,19)/t9-/m0/s1. The lowest BCUT2D eigenvalue weighted by Gasteiger charge is -2.25. The molecule has 0 bridgehead atoms. The van der Waals surface area contributed by atoms with Gasteiger partial charge in [0, 0.05) is 27.7 Å². The smallest absolute Gasteiger partial charge is 0.315 e. The quantitative estimate of drug-likeness (QED) is 0.717. The molecule has 19 heavy (non-hydrogen) atoms. The molecule has 1 fully saturated rings. The van der Waals surface area contributed by atoms with Gasteiger partial charge in [0.1, 0.15) is 6.04 Å². The summed E-state index contributed by atoms with van der Waals surface area (Å²) in [5.74, 6) is -0.301. The SMILES string of the molecule is CNC(=O)N[C@H]1CCCCN(CC(=O)N(C)C)C1=O. The molecule has 0 aromatic heterocycles. The van der Waals surface area contributed by atoms with Crippen molar-refractivity contribution in [2.45, 2.75) is 25.3 Å². The third kappa shape index (κ3) is 4.42. The molecule has 4 amide bonds. The number of rotatable bonds is 3. The van der Waals surface area contributed by atoms with Gasteiger partial charge in [-0.15, -0.1) is 0 Å². The van der Waals surface area contributed by atoms with Crippen LogP contribution >= 0.6 is 0 Å². The van der Waals surface area contributed by atoms with E-state index < -0.39 is 6.04 Å². The third-order valence-electron chi connectivity index (χ3n) is 3.14. The van der Waals surface area contributed by atoms with Crippen molar-refractivity contribution in [1.82, 2.24) is 20.4 Å². The van der Waals surface area contributed by atoms with E-state index in [1.54, 1.807) is 14.1 Å². The molecule has 1 aliphatic heterocycles. The molecule has 0 saturated carbocycles. The van der Waals surface area contributed by atoms with Crippen molar-refractivity contribution < 1.29 is 14.4 Å². The van der Waals surface area contributed by atoms with E-state index in [1.165, 1.54) is 16.8 Å². The van der Waals surface area contributed by atoms with Gasteiger partial charge in [0.25, 0.3) is 0 Å². The Hall–Kier alpha value is -1.79. The van der Waals surface area contributed by atoms with Crippen LogP contribution in [0, 0.1) is 0 Å². The number of carbonyl (C=O) groups is 3. The highest BCUT2D eigenvalue weighted by Crippen LogP contribution is 2.12. The van der Waals surface area contributed by atoms with Crippen molar-refractivity contribution in [3.63, 3.8) is 0 Å². The average molecular weight is 270 g/mol. The van der Waals surface area contributed by atoms with Gasteiger partial charge in [-0.05, 0) is 19.3 Å². The fraction of sp³-hybridized carbons (Fsp3) is 0.750. The van der Waals surface area contributed by atoms with Crippen LogP contribution in [-0.2, 0) is 9.59 Å². The zero-order valence-electron chi connectivity index (χ0n) is 11.7. The Labute approximate surface area is 113 Å². The van der Waals surface area contributed by atoms with Crippen molar-refractivity contribution in [2.75, 3.05) is 34.2 Å². The Morgan fingerprint density at radius 2 is 2.05 bits per heavy atom. The number of carbonyl (C=O) groups excluding carboxylic acids is 3. The van der Waals surface area contributed by atoms with Crippen molar-refractivity contribution in [3.05, 3.63) is 0 Å². The number of urea groups is 1. The van der Waals surface area contributed by atoms with Crippen LogP contribution in [0.1, 0.15) is 19.3 Å². The minimum absolute atomic E-state index is 0.0672. The number of likely N-dealkylation sites (tertiary alicyclic amines) is 1. The first-order valence-corrected chi connectivity index (χ1v) is 6.43. The predicted molar refractivity (Wildman–Crippen MR) is 70.5 cm³/mol.